The lowest BCUT2D eigenvalue weighted by molar-refractivity contribution is -0.141. The maximum atomic E-state index is 13.2. The van der Waals surface area contributed by atoms with Gasteiger partial charge in [-0.25, -0.2) is 9.78 Å². The highest BCUT2D eigenvalue weighted by atomic mass is 35.5. The van der Waals surface area contributed by atoms with E-state index < -0.39 is 17.8 Å². The molecule has 3 rings (SSSR count). The standard InChI is InChI=1S/C21H16ClF3N2O3/c1-12-3-4-13(22)11-17(12)26-19-16(9-10-18(27-19)21(23,24)25)20(28)30-15-7-5-14(29-2)6-8-15/h3-11H,1-2H3,(H,26,27). The number of anilines is 2. The monoisotopic (exact) mass is 436 g/mol. The van der Waals surface area contributed by atoms with E-state index in [1.807, 2.05) is 0 Å². The Balaban J connectivity index is 1.97. The van der Waals surface area contributed by atoms with Crippen molar-refractivity contribution in [3.05, 3.63) is 76.4 Å². The highest BCUT2D eigenvalue weighted by molar-refractivity contribution is 6.30. The average molecular weight is 437 g/mol. The van der Waals surface area contributed by atoms with Crippen LogP contribution in [0, 0.1) is 6.92 Å². The fourth-order valence-electron chi connectivity index (χ4n) is 2.54. The first-order chi connectivity index (χ1) is 14.2. The summed E-state index contributed by atoms with van der Waals surface area (Å²) in [6, 6.07) is 12.8. The Morgan fingerprint density at radius 1 is 1.03 bits per heavy atom. The molecule has 1 heterocycles. The van der Waals surface area contributed by atoms with Gasteiger partial charge in [0.05, 0.1) is 7.11 Å². The highest BCUT2D eigenvalue weighted by Crippen LogP contribution is 2.32. The van der Waals surface area contributed by atoms with E-state index in [0.29, 0.717) is 22.0 Å². The molecule has 2 aromatic carbocycles. The minimum absolute atomic E-state index is 0.168. The Morgan fingerprint density at radius 3 is 2.33 bits per heavy atom. The smallest absolute Gasteiger partial charge is 0.433 e. The van der Waals surface area contributed by atoms with Gasteiger partial charge in [-0.2, -0.15) is 13.2 Å². The topological polar surface area (TPSA) is 60.5 Å². The molecule has 0 aliphatic heterocycles. The number of nitrogens with one attached hydrogen (secondary N) is 1. The second kappa shape index (κ2) is 8.62. The van der Waals surface area contributed by atoms with Crippen LogP contribution in [0.25, 0.3) is 0 Å². The maximum Gasteiger partial charge on any atom is 0.433 e. The third-order valence-electron chi connectivity index (χ3n) is 4.13. The van der Waals surface area contributed by atoms with Crippen LogP contribution in [-0.4, -0.2) is 18.1 Å². The van der Waals surface area contributed by atoms with E-state index in [1.54, 1.807) is 31.2 Å². The summed E-state index contributed by atoms with van der Waals surface area (Å²) in [7, 11) is 1.49. The molecule has 0 aliphatic rings. The lowest BCUT2D eigenvalue weighted by Gasteiger charge is -2.15. The van der Waals surface area contributed by atoms with Crippen molar-refractivity contribution in [3.8, 4) is 11.5 Å². The third kappa shape index (κ3) is 5.01. The van der Waals surface area contributed by atoms with Gasteiger partial charge in [0.2, 0.25) is 0 Å². The number of methoxy groups -OCH3 is 1. The second-order valence-electron chi connectivity index (χ2n) is 6.24. The summed E-state index contributed by atoms with van der Waals surface area (Å²) in [5.41, 5.74) is -0.204. The molecule has 30 heavy (non-hydrogen) atoms. The molecule has 0 saturated heterocycles. The van der Waals surface area contributed by atoms with Crippen molar-refractivity contribution in [2.24, 2.45) is 0 Å². The number of alkyl halides is 3. The van der Waals surface area contributed by atoms with Crippen LogP contribution < -0.4 is 14.8 Å². The summed E-state index contributed by atoms with van der Waals surface area (Å²) in [4.78, 5) is 16.3. The molecular formula is C21H16ClF3N2O3. The molecule has 156 valence electrons. The molecule has 0 fully saturated rings. The van der Waals surface area contributed by atoms with Gasteiger partial charge >= 0.3 is 12.1 Å². The van der Waals surface area contributed by atoms with Crippen LogP contribution in [0.3, 0.4) is 0 Å². The quantitative estimate of drug-likeness (QED) is 0.390. The summed E-state index contributed by atoms with van der Waals surface area (Å²) >= 11 is 5.98. The lowest BCUT2D eigenvalue weighted by Crippen LogP contribution is -2.16. The fourth-order valence-corrected chi connectivity index (χ4v) is 2.71. The zero-order valence-corrected chi connectivity index (χ0v) is 16.6. The molecule has 0 bridgehead atoms. The predicted molar refractivity (Wildman–Crippen MR) is 107 cm³/mol. The van der Waals surface area contributed by atoms with Gasteiger partial charge in [-0.15, -0.1) is 0 Å². The van der Waals surface area contributed by atoms with Gasteiger partial charge in [-0.1, -0.05) is 17.7 Å². The Labute approximate surface area is 175 Å². The summed E-state index contributed by atoms with van der Waals surface area (Å²) in [6.45, 7) is 1.74. The van der Waals surface area contributed by atoms with Gasteiger partial charge in [0.15, 0.2) is 0 Å². The number of hydrogen-bond donors (Lipinski definition) is 1. The molecule has 0 amide bonds. The number of carbonyl (C=O) groups excluding carboxylic acids is 1. The van der Waals surface area contributed by atoms with Gasteiger partial charge in [-0.05, 0) is 61.0 Å². The van der Waals surface area contributed by atoms with Gasteiger partial charge in [0, 0.05) is 10.7 Å². The zero-order valence-electron chi connectivity index (χ0n) is 15.9. The molecule has 0 atom stereocenters. The molecule has 0 unspecified atom stereocenters. The number of pyridine rings is 1. The van der Waals surface area contributed by atoms with Crippen LogP contribution in [0.1, 0.15) is 21.6 Å². The zero-order chi connectivity index (χ0) is 21.9. The Morgan fingerprint density at radius 2 is 1.70 bits per heavy atom. The van der Waals surface area contributed by atoms with E-state index in [9.17, 15) is 18.0 Å². The van der Waals surface area contributed by atoms with Crippen LogP contribution in [0.5, 0.6) is 11.5 Å². The van der Waals surface area contributed by atoms with E-state index >= 15 is 0 Å². The molecule has 0 saturated carbocycles. The van der Waals surface area contributed by atoms with Gasteiger partial charge < -0.3 is 14.8 Å². The Bertz CT molecular complexity index is 1070. The first-order valence-corrected chi connectivity index (χ1v) is 9.03. The molecule has 1 N–H and O–H groups in total. The maximum absolute atomic E-state index is 13.2. The Hall–Kier alpha value is -3.26. The number of nitrogens with zero attached hydrogens (tertiary/aromatic N) is 1. The lowest BCUT2D eigenvalue weighted by atomic mass is 10.1. The predicted octanol–water partition coefficient (Wildman–Crippen LogP) is 6.03. The molecule has 5 nitrogen and oxygen atoms in total. The summed E-state index contributed by atoms with van der Waals surface area (Å²) < 4.78 is 49.8. The minimum atomic E-state index is -4.68. The van der Waals surface area contributed by atoms with Crippen molar-refractivity contribution < 1.29 is 27.4 Å². The molecule has 1 aromatic heterocycles. The fraction of sp³-hybridized carbons (Fsp3) is 0.143. The number of benzene rings is 2. The van der Waals surface area contributed by atoms with Crippen molar-refractivity contribution in [2.75, 3.05) is 12.4 Å². The number of carbonyl (C=O) groups is 1. The molecular weight excluding hydrogens is 421 g/mol. The van der Waals surface area contributed by atoms with Crippen molar-refractivity contribution in [2.45, 2.75) is 13.1 Å². The summed E-state index contributed by atoms with van der Waals surface area (Å²) in [5.74, 6) is -0.410. The van der Waals surface area contributed by atoms with Crippen LogP contribution >= 0.6 is 11.6 Å². The number of ether oxygens (including phenoxy) is 2. The minimum Gasteiger partial charge on any atom is -0.497 e. The van der Waals surface area contributed by atoms with E-state index in [1.165, 1.54) is 25.3 Å². The summed E-state index contributed by atoms with van der Waals surface area (Å²) in [5, 5.41) is 3.14. The van der Waals surface area contributed by atoms with E-state index in [-0.39, 0.29) is 17.1 Å². The Kier molecular flexibility index (Phi) is 6.17. The van der Waals surface area contributed by atoms with Gasteiger partial charge in [-0.3, -0.25) is 0 Å². The largest absolute Gasteiger partial charge is 0.497 e. The normalized spacial score (nSPS) is 11.1. The molecule has 9 heteroatoms. The molecule has 0 radical (unpaired) electrons. The van der Waals surface area contributed by atoms with Crippen LogP contribution in [0.2, 0.25) is 5.02 Å². The van der Waals surface area contributed by atoms with Gasteiger partial charge in [0.1, 0.15) is 28.6 Å². The average Bonchev–Trinajstić information content (AvgIpc) is 2.70. The number of halogens is 4. The SMILES string of the molecule is COc1ccc(OC(=O)c2ccc(C(F)(F)F)nc2Nc2cc(Cl)ccc2C)cc1. The molecule has 3 aromatic rings. The molecule has 0 aliphatic carbocycles. The number of rotatable bonds is 5. The highest BCUT2D eigenvalue weighted by Gasteiger charge is 2.34. The van der Waals surface area contributed by atoms with Crippen molar-refractivity contribution >= 4 is 29.1 Å². The first-order valence-electron chi connectivity index (χ1n) is 8.65. The van der Waals surface area contributed by atoms with Crippen LogP contribution in [-0.2, 0) is 6.18 Å². The number of esters is 1. The number of aromatic nitrogens is 1. The van der Waals surface area contributed by atoms with Crippen LogP contribution in [0.15, 0.2) is 54.6 Å². The van der Waals surface area contributed by atoms with Gasteiger partial charge in [0.25, 0.3) is 0 Å². The number of aryl methyl sites for hydroxylation is 1. The van der Waals surface area contributed by atoms with Crippen LogP contribution in [0.4, 0.5) is 24.7 Å². The van der Waals surface area contributed by atoms with E-state index in [0.717, 1.165) is 12.1 Å². The summed E-state index contributed by atoms with van der Waals surface area (Å²) in [6.07, 6.45) is -4.68. The second-order valence-corrected chi connectivity index (χ2v) is 6.68. The first kappa shape index (κ1) is 21.4. The third-order valence-corrected chi connectivity index (χ3v) is 4.36. The van der Waals surface area contributed by atoms with E-state index in [4.69, 9.17) is 21.1 Å². The van der Waals surface area contributed by atoms with Crippen molar-refractivity contribution in [1.82, 2.24) is 4.98 Å². The molecule has 0 spiro atoms. The van der Waals surface area contributed by atoms with Crippen molar-refractivity contribution in [1.29, 1.82) is 0 Å². The van der Waals surface area contributed by atoms with E-state index in [2.05, 4.69) is 10.3 Å². The van der Waals surface area contributed by atoms with Crippen molar-refractivity contribution in [3.63, 3.8) is 0 Å². The number of hydrogen-bond acceptors (Lipinski definition) is 5.